The molecule has 1 fully saturated rings. The Morgan fingerprint density at radius 1 is 1.47 bits per heavy atom. The number of carbonyl (C=O) groups excluding carboxylic acids is 1. The van der Waals surface area contributed by atoms with Crippen LogP contribution in [0.4, 0.5) is 4.79 Å². The number of hydroxylamine groups is 1. The van der Waals surface area contributed by atoms with Gasteiger partial charge in [-0.25, -0.2) is 4.79 Å². The van der Waals surface area contributed by atoms with E-state index >= 15 is 0 Å². The molecule has 96 valence electrons. The summed E-state index contributed by atoms with van der Waals surface area (Å²) in [5.74, 6) is 0. The standard InChI is InChI=1S/C8H14N4O5/c9-3-1-2-12(8(15)10-3)7-5(14)4(13)6(11-16)17-7/h1-7,11,13-14,16H,9H2,(H,10,15)/t3?,4-,5+,6-,7+/m0/s1. The predicted octanol–water partition coefficient (Wildman–Crippen LogP) is -2.81. The Morgan fingerprint density at radius 2 is 2.18 bits per heavy atom. The van der Waals surface area contributed by atoms with Crippen LogP contribution in [0.25, 0.3) is 0 Å². The monoisotopic (exact) mass is 246 g/mol. The fourth-order valence-electron chi connectivity index (χ4n) is 1.71. The first-order valence-corrected chi connectivity index (χ1v) is 4.98. The number of nitrogens with zero attached hydrogens (tertiary/aromatic N) is 1. The van der Waals surface area contributed by atoms with Crippen molar-refractivity contribution in [3.63, 3.8) is 0 Å². The lowest BCUT2D eigenvalue weighted by Crippen LogP contribution is -2.55. The van der Waals surface area contributed by atoms with E-state index in [1.54, 1.807) is 5.48 Å². The maximum atomic E-state index is 11.6. The van der Waals surface area contributed by atoms with Gasteiger partial charge in [-0.2, -0.15) is 5.48 Å². The van der Waals surface area contributed by atoms with E-state index in [0.717, 1.165) is 4.90 Å². The van der Waals surface area contributed by atoms with Crippen LogP contribution >= 0.6 is 0 Å². The zero-order valence-electron chi connectivity index (χ0n) is 8.72. The molecule has 0 spiro atoms. The zero-order chi connectivity index (χ0) is 12.6. The average Bonchev–Trinajstić information content (AvgIpc) is 2.57. The smallest absolute Gasteiger partial charge is 0.325 e. The molecule has 2 rings (SSSR count). The molecule has 17 heavy (non-hydrogen) atoms. The molecule has 0 radical (unpaired) electrons. The molecule has 2 amide bonds. The van der Waals surface area contributed by atoms with E-state index in [4.69, 9.17) is 15.7 Å². The first kappa shape index (κ1) is 12.2. The number of hydrogen-bond acceptors (Lipinski definition) is 7. The third kappa shape index (κ3) is 2.11. The van der Waals surface area contributed by atoms with E-state index in [9.17, 15) is 15.0 Å². The highest BCUT2D eigenvalue weighted by molar-refractivity contribution is 5.77. The molecule has 1 saturated heterocycles. The summed E-state index contributed by atoms with van der Waals surface area (Å²) in [4.78, 5) is 12.6. The van der Waals surface area contributed by atoms with Crippen LogP contribution in [0.15, 0.2) is 12.3 Å². The van der Waals surface area contributed by atoms with Crippen molar-refractivity contribution < 1.29 is 25.0 Å². The highest BCUT2D eigenvalue weighted by Crippen LogP contribution is 2.23. The molecule has 7 N–H and O–H groups in total. The lowest BCUT2D eigenvalue weighted by molar-refractivity contribution is -0.102. The minimum absolute atomic E-state index is 0.560. The Morgan fingerprint density at radius 3 is 2.71 bits per heavy atom. The topological polar surface area (TPSA) is 140 Å². The second-order valence-electron chi connectivity index (χ2n) is 3.78. The molecule has 2 heterocycles. The minimum Gasteiger partial charge on any atom is -0.386 e. The summed E-state index contributed by atoms with van der Waals surface area (Å²) in [6, 6.07) is -0.560. The number of aliphatic hydroxyl groups excluding tert-OH is 2. The molecule has 5 atom stereocenters. The molecule has 0 saturated carbocycles. The fraction of sp³-hybridized carbons (Fsp3) is 0.625. The van der Waals surface area contributed by atoms with E-state index < -0.39 is 36.9 Å². The quantitative estimate of drug-likeness (QED) is 0.289. The van der Waals surface area contributed by atoms with Crippen molar-refractivity contribution in [3.05, 3.63) is 12.3 Å². The van der Waals surface area contributed by atoms with Crippen LogP contribution in [0.5, 0.6) is 0 Å². The summed E-state index contributed by atoms with van der Waals surface area (Å²) in [6.45, 7) is 0. The van der Waals surface area contributed by atoms with Crippen molar-refractivity contribution in [3.8, 4) is 0 Å². The van der Waals surface area contributed by atoms with Gasteiger partial charge in [-0.3, -0.25) is 4.90 Å². The van der Waals surface area contributed by atoms with Gasteiger partial charge in [0.25, 0.3) is 0 Å². The first-order chi connectivity index (χ1) is 8.04. The Balaban J connectivity index is 2.13. The van der Waals surface area contributed by atoms with Crippen molar-refractivity contribution in [2.45, 2.75) is 30.8 Å². The molecule has 0 aromatic carbocycles. The van der Waals surface area contributed by atoms with E-state index in [1.807, 2.05) is 0 Å². The molecule has 2 aliphatic rings. The Hall–Kier alpha value is -1.23. The molecular weight excluding hydrogens is 232 g/mol. The predicted molar refractivity (Wildman–Crippen MR) is 53.1 cm³/mol. The van der Waals surface area contributed by atoms with Crippen molar-refractivity contribution >= 4 is 6.03 Å². The van der Waals surface area contributed by atoms with E-state index in [1.165, 1.54) is 12.3 Å². The number of ether oxygens (including phenoxy) is 1. The van der Waals surface area contributed by atoms with Gasteiger partial charge in [0.1, 0.15) is 12.2 Å². The molecule has 0 bridgehead atoms. The van der Waals surface area contributed by atoms with Gasteiger partial charge in [0.05, 0.1) is 6.17 Å². The van der Waals surface area contributed by atoms with Gasteiger partial charge in [0, 0.05) is 6.20 Å². The van der Waals surface area contributed by atoms with Gasteiger partial charge in [0.15, 0.2) is 12.5 Å². The summed E-state index contributed by atoms with van der Waals surface area (Å²) in [5.41, 5.74) is 7.15. The van der Waals surface area contributed by atoms with Gasteiger partial charge in [0.2, 0.25) is 0 Å². The summed E-state index contributed by atoms with van der Waals surface area (Å²) in [6.07, 6.45) is -2.71. The molecule has 0 aliphatic carbocycles. The molecular formula is C8H14N4O5. The largest absolute Gasteiger partial charge is 0.386 e. The lowest BCUT2D eigenvalue weighted by Gasteiger charge is -2.31. The molecule has 2 aliphatic heterocycles. The van der Waals surface area contributed by atoms with Crippen LogP contribution in [-0.2, 0) is 4.74 Å². The second-order valence-corrected chi connectivity index (χ2v) is 3.78. The van der Waals surface area contributed by atoms with Gasteiger partial charge in [-0.05, 0) is 6.08 Å². The molecule has 0 aromatic heterocycles. The third-order valence-electron chi connectivity index (χ3n) is 2.62. The number of rotatable bonds is 2. The maximum absolute atomic E-state index is 11.6. The maximum Gasteiger partial charge on any atom is 0.325 e. The molecule has 1 unspecified atom stereocenters. The van der Waals surface area contributed by atoms with Gasteiger partial charge in [-0.15, -0.1) is 0 Å². The number of hydrogen-bond donors (Lipinski definition) is 6. The SMILES string of the molecule is NC1C=CN([C@@H]2O[C@H](NO)[C@@H](O)[C@H]2O)C(=O)N1. The number of amides is 2. The normalized spacial score (nSPS) is 41.8. The summed E-state index contributed by atoms with van der Waals surface area (Å²) >= 11 is 0. The Kier molecular flexibility index (Phi) is 3.28. The van der Waals surface area contributed by atoms with Crippen molar-refractivity contribution in [2.24, 2.45) is 5.73 Å². The molecule has 9 heteroatoms. The number of nitrogens with two attached hydrogens (primary N) is 1. The van der Waals surface area contributed by atoms with Crippen LogP contribution in [-0.4, -0.2) is 57.2 Å². The van der Waals surface area contributed by atoms with Crippen LogP contribution in [0.2, 0.25) is 0 Å². The Labute approximate surface area is 96.4 Å². The van der Waals surface area contributed by atoms with Crippen LogP contribution < -0.4 is 16.5 Å². The number of carbonyl (C=O) groups is 1. The van der Waals surface area contributed by atoms with Gasteiger partial charge >= 0.3 is 6.03 Å². The van der Waals surface area contributed by atoms with E-state index in [-0.39, 0.29) is 0 Å². The van der Waals surface area contributed by atoms with Crippen LogP contribution in [0.1, 0.15) is 0 Å². The molecule has 0 aromatic rings. The minimum atomic E-state index is -1.35. The van der Waals surface area contributed by atoms with Gasteiger partial charge in [-0.1, -0.05) is 0 Å². The van der Waals surface area contributed by atoms with Crippen molar-refractivity contribution in [2.75, 3.05) is 0 Å². The van der Waals surface area contributed by atoms with Crippen LogP contribution in [0, 0.1) is 0 Å². The summed E-state index contributed by atoms with van der Waals surface area (Å²) in [5, 5.41) is 30.2. The summed E-state index contributed by atoms with van der Waals surface area (Å²) < 4.78 is 5.09. The number of nitrogens with one attached hydrogen (secondary N) is 2. The van der Waals surface area contributed by atoms with Crippen molar-refractivity contribution in [1.82, 2.24) is 15.7 Å². The van der Waals surface area contributed by atoms with E-state index in [0.29, 0.717) is 0 Å². The highest BCUT2D eigenvalue weighted by Gasteiger charge is 2.47. The highest BCUT2D eigenvalue weighted by atomic mass is 16.6. The number of aliphatic hydroxyl groups is 2. The average molecular weight is 246 g/mol. The van der Waals surface area contributed by atoms with Crippen LogP contribution in [0.3, 0.4) is 0 Å². The van der Waals surface area contributed by atoms with Gasteiger partial charge < -0.3 is 31.2 Å². The fourth-order valence-corrected chi connectivity index (χ4v) is 1.71. The lowest BCUT2D eigenvalue weighted by atomic mass is 10.2. The summed E-state index contributed by atoms with van der Waals surface area (Å²) in [7, 11) is 0. The van der Waals surface area contributed by atoms with Crippen molar-refractivity contribution in [1.29, 1.82) is 0 Å². The first-order valence-electron chi connectivity index (χ1n) is 4.98. The molecule has 9 nitrogen and oxygen atoms in total. The second kappa shape index (κ2) is 4.56. The zero-order valence-corrected chi connectivity index (χ0v) is 8.72. The number of urea groups is 1. The third-order valence-corrected chi connectivity index (χ3v) is 2.62. The Bertz CT molecular complexity index is 338. The van der Waals surface area contributed by atoms with E-state index in [2.05, 4.69) is 5.32 Å².